The van der Waals surface area contributed by atoms with Crippen molar-refractivity contribution in [2.24, 2.45) is 0 Å². The quantitative estimate of drug-likeness (QED) is 0.934. The molecule has 0 aromatic heterocycles. The van der Waals surface area contributed by atoms with Crippen molar-refractivity contribution >= 4 is 11.6 Å². The second-order valence-corrected chi connectivity index (χ2v) is 5.04. The van der Waals surface area contributed by atoms with Gasteiger partial charge in [-0.1, -0.05) is 30.3 Å². The number of carbonyl (C=O) groups is 1. The Kier molecular flexibility index (Phi) is 4.24. The number of nitrogens with one attached hydrogen (secondary N) is 1. The van der Waals surface area contributed by atoms with E-state index in [-0.39, 0.29) is 5.91 Å². The van der Waals surface area contributed by atoms with E-state index in [4.69, 9.17) is 10.00 Å². The average Bonchev–Trinajstić information content (AvgIpc) is 2.48. The average molecular weight is 280 g/mol. The molecule has 1 amide bonds. The van der Waals surface area contributed by atoms with Crippen LogP contribution in [0.1, 0.15) is 19.4 Å². The van der Waals surface area contributed by atoms with E-state index in [1.54, 1.807) is 50.2 Å². The van der Waals surface area contributed by atoms with Crippen LogP contribution >= 0.6 is 0 Å². The summed E-state index contributed by atoms with van der Waals surface area (Å²) in [6.45, 7) is 3.37. The maximum absolute atomic E-state index is 12.4. The van der Waals surface area contributed by atoms with Gasteiger partial charge < -0.3 is 10.1 Å². The van der Waals surface area contributed by atoms with Gasteiger partial charge in [0.15, 0.2) is 5.60 Å². The largest absolute Gasteiger partial charge is 0.478 e. The van der Waals surface area contributed by atoms with Crippen molar-refractivity contribution in [2.75, 3.05) is 5.32 Å². The van der Waals surface area contributed by atoms with Crippen LogP contribution in [0.15, 0.2) is 54.6 Å². The number of benzene rings is 2. The van der Waals surface area contributed by atoms with Gasteiger partial charge in [-0.2, -0.15) is 5.26 Å². The highest BCUT2D eigenvalue weighted by Crippen LogP contribution is 2.21. The zero-order valence-corrected chi connectivity index (χ0v) is 12.0. The smallest absolute Gasteiger partial charge is 0.268 e. The second-order valence-electron chi connectivity index (χ2n) is 5.04. The Hall–Kier alpha value is -2.80. The van der Waals surface area contributed by atoms with Crippen molar-refractivity contribution in [1.29, 1.82) is 5.26 Å². The van der Waals surface area contributed by atoms with Crippen LogP contribution < -0.4 is 10.1 Å². The van der Waals surface area contributed by atoms with Gasteiger partial charge in [0.1, 0.15) is 11.8 Å². The lowest BCUT2D eigenvalue weighted by atomic mass is 10.1. The molecule has 0 spiro atoms. The molecule has 0 unspecified atom stereocenters. The van der Waals surface area contributed by atoms with E-state index in [2.05, 4.69) is 5.32 Å². The predicted octanol–water partition coefficient (Wildman–Crippen LogP) is 3.35. The van der Waals surface area contributed by atoms with Crippen molar-refractivity contribution in [2.45, 2.75) is 19.4 Å². The fraction of sp³-hybridized carbons (Fsp3) is 0.176. The Morgan fingerprint density at radius 2 is 1.71 bits per heavy atom. The van der Waals surface area contributed by atoms with Crippen LogP contribution in [-0.4, -0.2) is 11.5 Å². The molecule has 0 fully saturated rings. The van der Waals surface area contributed by atoms with Crippen LogP contribution in [0.5, 0.6) is 5.75 Å². The number of amides is 1. The number of hydrogen-bond acceptors (Lipinski definition) is 3. The Morgan fingerprint density at radius 3 is 2.38 bits per heavy atom. The highest BCUT2D eigenvalue weighted by atomic mass is 16.5. The molecule has 2 aromatic rings. The molecule has 106 valence electrons. The summed E-state index contributed by atoms with van der Waals surface area (Å²) in [5.41, 5.74) is -0.153. The highest BCUT2D eigenvalue weighted by Gasteiger charge is 2.30. The van der Waals surface area contributed by atoms with Gasteiger partial charge in [-0.15, -0.1) is 0 Å². The molecule has 0 atom stereocenters. The van der Waals surface area contributed by atoms with E-state index in [9.17, 15) is 4.79 Å². The number of carbonyl (C=O) groups excluding carboxylic acids is 1. The third-order valence-corrected chi connectivity index (χ3v) is 2.96. The normalized spacial score (nSPS) is 10.5. The molecule has 4 heteroatoms. The molecule has 0 aliphatic rings. The topological polar surface area (TPSA) is 62.1 Å². The van der Waals surface area contributed by atoms with Crippen molar-refractivity contribution in [3.63, 3.8) is 0 Å². The summed E-state index contributed by atoms with van der Waals surface area (Å²) in [5.74, 6) is 0.306. The SMILES string of the molecule is CC(C)(Oc1ccccc1)C(=O)Nc1ccccc1C#N. The molecule has 0 saturated carbocycles. The summed E-state index contributed by atoms with van der Waals surface area (Å²) >= 11 is 0. The molecule has 2 aromatic carbocycles. The molecule has 0 aliphatic heterocycles. The van der Waals surface area contributed by atoms with Crippen LogP contribution in [0.2, 0.25) is 0 Å². The Morgan fingerprint density at radius 1 is 1.10 bits per heavy atom. The molecule has 2 rings (SSSR count). The fourth-order valence-corrected chi connectivity index (χ4v) is 1.79. The minimum atomic E-state index is -1.05. The number of para-hydroxylation sites is 2. The van der Waals surface area contributed by atoms with Gasteiger partial charge in [-0.05, 0) is 38.1 Å². The minimum Gasteiger partial charge on any atom is -0.478 e. The Bertz CT molecular complexity index is 673. The summed E-state index contributed by atoms with van der Waals surface area (Å²) in [6.07, 6.45) is 0. The molecule has 0 heterocycles. The van der Waals surface area contributed by atoms with Gasteiger partial charge >= 0.3 is 0 Å². The predicted molar refractivity (Wildman–Crippen MR) is 80.9 cm³/mol. The van der Waals surface area contributed by atoms with Crippen molar-refractivity contribution in [1.82, 2.24) is 0 Å². The lowest BCUT2D eigenvalue weighted by molar-refractivity contribution is -0.128. The molecule has 0 aliphatic carbocycles. The van der Waals surface area contributed by atoms with E-state index < -0.39 is 5.60 Å². The first kappa shape index (κ1) is 14.6. The molecule has 0 saturated heterocycles. The fourth-order valence-electron chi connectivity index (χ4n) is 1.79. The second kappa shape index (κ2) is 6.10. The molecule has 0 bridgehead atoms. The first-order valence-corrected chi connectivity index (χ1v) is 6.57. The van der Waals surface area contributed by atoms with Gasteiger partial charge in [-0.3, -0.25) is 4.79 Å². The number of ether oxygens (including phenoxy) is 1. The van der Waals surface area contributed by atoms with Crippen molar-refractivity contribution < 1.29 is 9.53 Å². The third-order valence-electron chi connectivity index (χ3n) is 2.96. The number of nitrogens with zero attached hydrogens (tertiary/aromatic N) is 1. The maximum Gasteiger partial charge on any atom is 0.268 e. The van der Waals surface area contributed by atoms with Gasteiger partial charge in [0.25, 0.3) is 5.91 Å². The first-order chi connectivity index (χ1) is 10.0. The van der Waals surface area contributed by atoms with E-state index in [0.717, 1.165) is 0 Å². The number of rotatable bonds is 4. The summed E-state index contributed by atoms with van der Waals surface area (Å²) in [5, 5.41) is 11.8. The lowest BCUT2D eigenvalue weighted by Gasteiger charge is -2.25. The van der Waals surface area contributed by atoms with Crippen LogP contribution in [0.25, 0.3) is 0 Å². The Balaban J connectivity index is 2.14. The number of hydrogen-bond donors (Lipinski definition) is 1. The van der Waals surface area contributed by atoms with Gasteiger partial charge in [0, 0.05) is 0 Å². The summed E-state index contributed by atoms with van der Waals surface area (Å²) in [7, 11) is 0. The van der Waals surface area contributed by atoms with Crippen LogP contribution in [0.3, 0.4) is 0 Å². The molecule has 21 heavy (non-hydrogen) atoms. The molecule has 4 nitrogen and oxygen atoms in total. The van der Waals surface area contributed by atoms with Crippen molar-refractivity contribution in [3.8, 4) is 11.8 Å². The molecular formula is C17H16N2O2. The summed E-state index contributed by atoms with van der Waals surface area (Å²) < 4.78 is 5.71. The van der Waals surface area contributed by atoms with Crippen LogP contribution in [-0.2, 0) is 4.79 Å². The lowest BCUT2D eigenvalue weighted by Crippen LogP contribution is -2.42. The highest BCUT2D eigenvalue weighted by molar-refractivity contribution is 5.97. The van der Waals surface area contributed by atoms with Gasteiger partial charge in [0.05, 0.1) is 11.3 Å². The Labute approximate surface area is 124 Å². The number of nitriles is 1. The molecule has 1 N–H and O–H groups in total. The number of anilines is 1. The monoisotopic (exact) mass is 280 g/mol. The van der Waals surface area contributed by atoms with Gasteiger partial charge in [-0.25, -0.2) is 0 Å². The molecule has 0 radical (unpaired) electrons. The zero-order valence-electron chi connectivity index (χ0n) is 12.0. The van der Waals surface area contributed by atoms with Crippen molar-refractivity contribution in [3.05, 3.63) is 60.2 Å². The summed E-state index contributed by atoms with van der Waals surface area (Å²) in [6, 6.07) is 18.0. The zero-order chi connectivity index (χ0) is 15.3. The van der Waals surface area contributed by atoms with Crippen LogP contribution in [0, 0.1) is 11.3 Å². The summed E-state index contributed by atoms with van der Waals surface area (Å²) in [4.78, 5) is 12.4. The van der Waals surface area contributed by atoms with E-state index in [1.807, 2.05) is 24.3 Å². The standard InChI is InChI=1S/C17H16N2O2/c1-17(2,21-14-9-4-3-5-10-14)16(20)19-15-11-7-6-8-13(15)12-18/h3-11H,1-2H3,(H,19,20). The minimum absolute atomic E-state index is 0.311. The van der Waals surface area contributed by atoms with E-state index >= 15 is 0 Å². The van der Waals surface area contributed by atoms with E-state index in [0.29, 0.717) is 17.0 Å². The molecular weight excluding hydrogens is 264 g/mol. The van der Waals surface area contributed by atoms with Gasteiger partial charge in [0.2, 0.25) is 0 Å². The first-order valence-electron chi connectivity index (χ1n) is 6.57. The third kappa shape index (κ3) is 3.61. The van der Waals surface area contributed by atoms with E-state index in [1.165, 1.54) is 0 Å². The maximum atomic E-state index is 12.4. The van der Waals surface area contributed by atoms with Crippen LogP contribution in [0.4, 0.5) is 5.69 Å².